The molecule has 0 aromatic carbocycles. The normalized spacial score (nSPS) is 37.4. The van der Waals surface area contributed by atoms with Crippen LogP contribution in [-0.2, 0) is 0 Å². The second-order valence-electron chi connectivity index (χ2n) is 11.4. The van der Waals surface area contributed by atoms with Crippen LogP contribution in [0.4, 0.5) is 0 Å². The standard InChI is InChI=1S/C27H44O3/c1-18(8-6-14-26(3,4)30)22-12-13-23-21(9-7-15-27(22,23)5)11-10-20-16-24(28)19(2)25(29)17-20/h10-11,18,22-25,28-30H,2,6-9,12-17H2,1,3-5H3/b21-11+/t18-,22?,23-,24+,25+,27?/m0/s1. The zero-order valence-corrected chi connectivity index (χ0v) is 19.7. The Morgan fingerprint density at radius 3 is 2.47 bits per heavy atom. The van der Waals surface area contributed by atoms with Crippen LogP contribution in [0.3, 0.4) is 0 Å². The fraction of sp³-hybridized carbons (Fsp3) is 0.778. The third-order valence-electron chi connectivity index (χ3n) is 8.47. The predicted molar refractivity (Wildman–Crippen MR) is 124 cm³/mol. The molecule has 0 aliphatic heterocycles. The van der Waals surface area contributed by atoms with E-state index in [1.54, 1.807) is 5.57 Å². The van der Waals surface area contributed by atoms with Crippen LogP contribution in [0.2, 0.25) is 0 Å². The molecule has 6 atom stereocenters. The Labute approximate surface area is 184 Å². The first-order valence-electron chi connectivity index (χ1n) is 12.2. The van der Waals surface area contributed by atoms with Gasteiger partial charge in [0, 0.05) is 0 Å². The molecular formula is C27H44O3. The van der Waals surface area contributed by atoms with Crippen molar-refractivity contribution in [1.29, 1.82) is 0 Å². The summed E-state index contributed by atoms with van der Waals surface area (Å²) in [6.45, 7) is 12.6. The summed E-state index contributed by atoms with van der Waals surface area (Å²) in [7, 11) is 0. The van der Waals surface area contributed by atoms with Crippen LogP contribution >= 0.6 is 0 Å². The van der Waals surface area contributed by atoms with Crippen molar-refractivity contribution >= 4 is 0 Å². The first-order chi connectivity index (χ1) is 14.0. The van der Waals surface area contributed by atoms with Gasteiger partial charge in [-0.25, -0.2) is 0 Å². The molecule has 0 radical (unpaired) electrons. The number of hydrogen-bond donors (Lipinski definition) is 3. The lowest BCUT2D eigenvalue weighted by Gasteiger charge is -2.44. The van der Waals surface area contributed by atoms with Gasteiger partial charge in [0.25, 0.3) is 0 Å². The maximum Gasteiger partial charge on any atom is 0.0809 e. The second kappa shape index (κ2) is 9.30. The molecule has 3 fully saturated rings. The number of rotatable bonds is 6. The number of hydrogen-bond acceptors (Lipinski definition) is 3. The van der Waals surface area contributed by atoms with Gasteiger partial charge in [-0.15, -0.1) is 0 Å². The molecule has 0 aromatic heterocycles. The first-order valence-corrected chi connectivity index (χ1v) is 12.2. The Bertz CT molecular complexity index is 667. The lowest BCUT2D eigenvalue weighted by molar-refractivity contribution is 0.0596. The Hall–Kier alpha value is -0.900. The molecule has 2 unspecified atom stereocenters. The van der Waals surface area contributed by atoms with Gasteiger partial charge in [-0.05, 0) is 94.0 Å². The van der Waals surface area contributed by atoms with Crippen molar-refractivity contribution in [2.75, 3.05) is 0 Å². The monoisotopic (exact) mass is 416 g/mol. The highest BCUT2D eigenvalue weighted by Crippen LogP contribution is 2.60. The lowest BCUT2D eigenvalue weighted by atomic mass is 9.60. The summed E-state index contributed by atoms with van der Waals surface area (Å²) in [6, 6.07) is 0. The van der Waals surface area contributed by atoms with Gasteiger partial charge < -0.3 is 15.3 Å². The molecule has 3 N–H and O–H groups in total. The molecule has 3 heteroatoms. The van der Waals surface area contributed by atoms with E-state index in [9.17, 15) is 15.3 Å². The van der Waals surface area contributed by atoms with Gasteiger partial charge in [-0.1, -0.05) is 56.6 Å². The molecule has 0 spiro atoms. The molecule has 0 heterocycles. The Balaban J connectivity index is 1.67. The smallest absolute Gasteiger partial charge is 0.0809 e. The molecule has 3 nitrogen and oxygen atoms in total. The molecule has 0 saturated heterocycles. The van der Waals surface area contributed by atoms with Crippen molar-refractivity contribution in [3.63, 3.8) is 0 Å². The summed E-state index contributed by atoms with van der Waals surface area (Å²) in [5, 5.41) is 30.3. The Morgan fingerprint density at radius 1 is 1.17 bits per heavy atom. The average molecular weight is 417 g/mol. The van der Waals surface area contributed by atoms with E-state index in [-0.39, 0.29) is 0 Å². The highest BCUT2D eigenvalue weighted by molar-refractivity contribution is 5.29. The number of aliphatic hydroxyl groups excluding tert-OH is 2. The zero-order chi connectivity index (χ0) is 22.1. The average Bonchev–Trinajstić information content (AvgIpc) is 3.00. The quantitative estimate of drug-likeness (QED) is 0.486. The number of allylic oxidation sites excluding steroid dienone is 3. The van der Waals surface area contributed by atoms with Crippen LogP contribution in [0.5, 0.6) is 0 Å². The van der Waals surface area contributed by atoms with E-state index in [0.717, 1.165) is 24.3 Å². The minimum atomic E-state index is -0.615. The van der Waals surface area contributed by atoms with Crippen molar-refractivity contribution in [1.82, 2.24) is 0 Å². The van der Waals surface area contributed by atoms with E-state index in [2.05, 4.69) is 32.6 Å². The van der Waals surface area contributed by atoms with Crippen LogP contribution in [0, 0.1) is 23.2 Å². The maximum atomic E-state index is 10.1. The van der Waals surface area contributed by atoms with Crippen molar-refractivity contribution < 1.29 is 15.3 Å². The summed E-state index contributed by atoms with van der Waals surface area (Å²) in [6.07, 6.45) is 14.0. The lowest BCUT2D eigenvalue weighted by Crippen LogP contribution is -2.36. The van der Waals surface area contributed by atoms with Crippen LogP contribution in [0.25, 0.3) is 0 Å². The first kappa shape index (κ1) is 23.8. The maximum absolute atomic E-state index is 10.1. The fourth-order valence-corrected chi connectivity index (χ4v) is 6.70. The van der Waals surface area contributed by atoms with E-state index >= 15 is 0 Å². The minimum Gasteiger partial charge on any atom is -0.390 e. The topological polar surface area (TPSA) is 60.7 Å². The van der Waals surface area contributed by atoms with E-state index in [1.165, 1.54) is 38.5 Å². The molecule has 3 rings (SSSR count). The Morgan fingerprint density at radius 2 is 1.83 bits per heavy atom. The third-order valence-corrected chi connectivity index (χ3v) is 8.47. The van der Waals surface area contributed by atoms with Gasteiger partial charge in [0.15, 0.2) is 0 Å². The highest BCUT2D eigenvalue weighted by Gasteiger charge is 2.50. The van der Waals surface area contributed by atoms with Crippen molar-refractivity contribution in [3.8, 4) is 0 Å². The summed E-state index contributed by atoms with van der Waals surface area (Å²) < 4.78 is 0. The van der Waals surface area contributed by atoms with Gasteiger partial charge in [0.1, 0.15) is 0 Å². The van der Waals surface area contributed by atoms with E-state index < -0.39 is 17.8 Å². The molecule has 3 aliphatic rings. The molecule has 3 saturated carbocycles. The molecule has 0 amide bonds. The predicted octanol–water partition coefficient (Wildman–Crippen LogP) is 5.70. The summed E-state index contributed by atoms with van der Waals surface area (Å²) in [5.74, 6) is 2.13. The van der Waals surface area contributed by atoms with Crippen LogP contribution in [-0.4, -0.2) is 33.1 Å². The molecule has 3 aliphatic carbocycles. The van der Waals surface area contributed by atoms with Gasteiger partial charge >= 0.3 is 0 Å². The van der Waals surface area contributed by atoms with E-state index in [4.69, 9.17) is 0 Å². The highest BCUT2D eigenvalue weighted by atomic mass is 16.3. The van der Waals surface area contributed by atoms with Gasteiger partial charge in [-0.2, -0.15) is 0 Å². The molecular weight excluding hydrogens is 372 g/mol. The summed E-state index contributed by atoms with van der Waals surface area (Å²) >= 11 is 0. The number of aliphatic hydroxyl groups is 3. The SMILES string of the molecule is C=C1[C@H](O)CC(=C/C=C2\CCCC3(C)C([C@@H](C)CCCC(C)(C)O)CC[C@@H]23)C[C@H]1O. The third kappa shape index (κ3) is 5.29. The van der Waals surface area contributed by atoms with Crippen molar-refractivity contribution in [2.45, 2.75) is 110 Å². The molecule has 0 aromatic rings. The zero-order valence-electron chi connectivity index (χ0n) is 19.7. The van der Waals surface area contributed by atoms with Gasteiger partial charge in [0.2, 0.25) is 0 Å². The van der Waals surface area contributed by atoms with Crippen LogP contribution in [0.15, 0.2) is 35.5 Å². The fourth-order valence-electron chi connectivity index (χ4n) is 6.70. The molecule has 170 valence electrons. The Kier molecular flexibility index (Phi) is 7.37. The van der Waals surface area contributed by atoms with Gasteiger partial charge in [0.05, 0.1) is 17.8 Å². The van der Waals surface area contributed by atoms with Gasteiger partial charge in [-0.3, -0.25) is 0 Å². The van der Waals surface area contributed by atoms with E-state index in [1.807, 2.05) is 13.8 Å². The minimum absolute atomic E-state index is 0.386. The van der Waals surface area contributed by atoms with Crippen molar-refractivity contribution in [2.24, 2.45) is 23.2 Å². The second-order valence-corrected chi connectivity index (χ2v) is 11.4. The van der Waals surface area contributed by atoms with E-state index in [0.29, 0.717) is 35.7 Å². The summed E-state index contributed by atoms with van der Waals surface area (Å²) in [5.41, 5.74) is 3.11. The van der Waals surface area contributed by atoms with Crippen LogP contribution < -0.4 is 0 Å². The van der Waals surface area contributed by atoms with Crippen molar-refractivity contribution in [3.05, 3.63) is 35.5 Å². The summed E-state index contributed by atoms with van der Waals surface area (Å²) in [4.78, 5) is 0. The molecule has 30 heavy (non-hydrogen) atoms. The number of fused-ring (bicyclic) bond motifs is 1. The largest absolute Gasteiger partial charge is 0.390 e. The molecule has 0 bridgehead atoms. The van der Waals surface area contributed by atoms with Crippen LogP contribution in [0.1, 0.15) is 91.9 Å².